The molecule has 3 atom stereocenters. The Morgan fingerprint density at radius 2 is 1.09 bits per heavy atom. The normalized spacial score (nSPS) is 18.8. The number of halogens is 12. The van der Waals surface area contributed by atoms with Crippen molar-refractivity contribution in [1.82, 2.24) is 53.8 Å². The molecule has 3 aliphatic carbocycles. The number of nitrogens with zero attached hydrogens (tertiary/aromatic N) is 11. The minimum absolute atomic E-state index is 0.00565. The number of alkyl halides is 12. The van der Waals surface area contributed by atoms with Gasteiger partial charge in [-0.3, -0.25) is 28.3 Å². The van der Waals surface area contributed by atoms with Crippen molar-refractivity contribution in [3.8, 4) is 0 Å². The van der Waals surface area contributed by atoms with E-state index in [0.29, 0.717) is 60.3 Å². The molecule has 0 bridgehead atoms. The molecule has 2 aliphatic heterocycles. The summed E-state index contributed by atoms with van der Waals surface area (Å²) in [6, 6.07) is 1.20. The summed E-state index contributed by atoms with van der Waals surface area (Å²) in [6.07, 6.45) is -8.09. The summed E-state index contributed by atoms with van der Waals surface area (Å²) in [6.45, 7) is 31.7. The number of thioether (sulfide) groups is 1. The molecule has 5 aliphatic rings. The van der Waals surface area contributed by atoms with Gasteiger partial charge in [0.05, 0.1) is 17.1 Å². The molecule has 0 aromatic carbocycles. The maximum atomic E-state index is 13.4. The number of rotatable bonds is 9. The Labute approximate surface area is 459 Å². The molecule has 5 aromatic heterocycles. The first kappa shape index (κ1) is 63.4. The van der Waals surface area contributed by atoms with Gasteiger partial charge in [-0.1, -0.05) is 27.4 Å². The standard InChI is InChI=1S/C12H14F2N2.C11H15F3N2.C11H17F2N3.C11H16F2N2S.C10H15F3N2/c1-5(2)16-11-6(3)7-4-8(7)9(11)10(15-16)12(13)14;1-6(2)16-9-5-7(3)4-8(9)10(15-16)11(12,13)14;1-7(2)16-9-6-15(4)5-8(9)10(14-16)11(3,12)13;1-7(2)15-9-4-5-16-6-8(9)10(14-15)11(3,12)13;1-6(2)8-5-9(10(11,12)13)15(14-8)7(3)4/h5,7-8,12H,3-4H2,1-2H3;6-7H,4-5H2,1-3H3;7H,5-6H2,1-4H3;7H,4-6H2,1-3H3;5-7H,1-4H3. The van der Waals surface area contributed by atoms with Gasteiger partial charge >= 0.3 is 12.4 Å². The Balaban J connectivity index is 0.000000160. The highest BCUT2D eigenvalue weighted by Crippen LogP contribution is 2.63. The van der Waals surface area contributed by atoms with Gasteiger partial charge in [-0.05, 0) is 143 Å². The Bertz CT molecular complexity index is 2840. The summed E-state index contributed by atoms with van der Waals surface area (Å²) in [5, 5.41) is 20.0. The molecule has 3 unspecified atom stereocenters. The summed E-state index contributed by atoms with van der Waals surface area (Å²) in [5.74, 6) is -3.03. The van der Waals surface area contributed by atoms with Crippen molar-refractivity contribution in [1.29, 1.82) is 0 Å². The molecule has 10 rings (SSSR count). The van der Waals surface area contributed by atoms with E-state index >= 15 is 0 Å². The maximum absolute atomic E-state index is 13.4. The van der Waals surface area contributed by atoms with Crippen molar-refractivity contribution in [2.75, 3.05) is 12.8 Å². The zero-order valence-electron chi connectivity index (χ0n) is 48.1. The number of hydrogen-bond acceptors (Lipinski definition) is 7. The largest absolute Gasteiger partial charge is 0.435 e. The van der Waals surface area contributed by atoms with Gasteiger partial charge in [-0.2, -0.15) is 81.2 Å². The maximum Gasteiger partial charge on any atom is 0.435 e. The highest BCUT2D eigenvalue weighted by atomic mass is 32.2. The summed E-state index contributed by atoms with van der Waals surface area (Å²) in [5.41, 5.74) is 6.30. The van der Waals surface area contributed by atoms with Crippen molar-refractivity contribution in [2.45, 2.75) is 221 Å². The Morgan fingerprint density at radius 1 is 0.582 bits per heavy atom. The van der Waals surface area contributed by atoms with E-state index in [1.54, 1.807) is 39.7 Å². The van der Waals surface area contributed by atoms with Crippen LogP contribution in [0.4, 0.5) is 52.7 Å². The highest BCUT2D eigenvalue weighted by molar-refractivity contribution is 7.98. The molecule has 1 fully saturated rings. The molecule has 0 saturated heterocycles. The van der Waals surface area contributed by atoms with Crippen LogP contribution in [0.2, 0.25) is 0 Å². The zero-order chi connectivity index (χ0) is 59.5. The molecule has 24 heteroatoms. The van der Waals surface area contributed by atoms with Crippen molar-refractivity contribution in [2.24, 2.45) is 11.8 Å². The Kier molecular flexibility index (Phi) is 19.0. The van der Waals surface area contributed by atoms with Gasteiger partial charge in [0.25, 0.3) is 18.3 Å². The lowest BCUT2D eigenvalue weighted by molar-refractivity contribution is -0.145. The minimum Gasteiger partial charge on any atom is -0.296 e. The molecule has 0 amide bonds. The zero-order valence-corrected chi connectivity index (χ0v) is 48.9. The first-order valence-electron chi connectivity index (χ1n) is 26.9. The van der Waals surface area contributed by atoms with Crippen LogP contribution in [-0.4, -0.2) is 66.6 Å². The van der Waals surface area contributed by atoms with Crippen LogP contribution in [0.3, 0.4) is 0 Å². The second-order valence-corrected chi connectivity index (χ2v) is 24.4. The van der Waals surface area contributed by atoms with Crippen molar-refractivity contribution >= 4 is 17.3 Å². The van der Waals surface area contributed by atoms with Crippen LogP contribution in [0.1, 0.15) is 238 Å². The SMILES string of the molecule is C=C1c2c(c(C(F)F)nn2C(C)C)C2CC12.CC(C)c1cc(C(F)(F)F)n(C(C)C)n1.CC(C)n1nc(C(C)(F)F)c2c1CCSC2.CC(C)n1nc(C(C)(F)F)c2c1CN(C)C2.CC1Cc2c(C(F)(F)F)nn(C(C)C)c2C1. The van der Waals surface area contributed by atoms with Gasteiger partial charge in [0.15, 0.2) is 5.69 Å². The molecule has 79 heavy (non-hydrogen) atoms. The predicted octanol–water partition coefficient (Wildman–Crippen LogP) is 16.2. The second-order valence-electron chi connectivity index (χ2n) is 23.3. The number of fused-ring (bicyclic) bond motifs is 6. The van der Waals surface area contributed by atoms with Gasteiger partial charge < -0.3 is 0 Å². The molecular weight excluding hydrogens is 1070 g/mol. The monoisotopic (exact) mass is 1150 g/mol. The van der Waals surface area contributed by atoms with E-state index in [4.69, 9.17) is 0 Å². The highest BCUT2D eigenvalue weighted by Gasteiger charge is 2.53. The lowest BCUT2D eigenvalue weighted by Gasteiger charge is -2.16. The first-order valence-corrected chi connectivity index (χ1v) is 28.1. The van der Waals surface area contributed by atoms with Gasteiger partial charge in [0.1, 0.15) is 22.8 Å². The number of allylic oxidation sites excluding steroid dienone is 1. The van der Waals surface area contributed by atoms with Crippen LogP contribution >= 0.6 is 11.8 Å². The molecule has 5 aromatic rings. The van der Waals surface area contributed by atoms with Crippen LogP contribution in [0, 0.1) is 11.8 Å². The van der Waals surface area contributed by atoms with Gasteiger partial charge in [-0.25, -0.2) is 8.78 Å². The third-order valence-electron chi connectivity index (χ3n) is 14.3. The van der Waals surface area contributed by atoms with Crippen molar-refractivity contribution < 1.29 is 52.7 Å². The molecule has 0 N–H and O–H groups in total. The number of aromatic nitrogens is 10. The fraction of sp³-hybridized carbons (Fsp3) is 0.691. The summed E-state index contributed by atoms with van der Waals surface area (Å²) < 4.78 is 163. The van der Waals surface area contributed by atoms with Crippen molar-refractivity contribution in [3.05, 3.63) is 91.8 Å². The van der Waals surface area contributed by atoms with Crippen LogP contribution in [0.15, 0.2) is 12.6 Å². The topological polar surface area (TPSA) is 92.3 Å². The summed E-state index contributed by atoms with van der Waals surface area (Å²) in [7, 11) is 1.93. The van der Waals surface area contributed by atoms with Gasteiger partial charge in [0.2, 0.25) is 0 Å². The molecule has 0 spiro atoms. The van der Waals surface area contributed by atoms with E-state index in [1.165, 1.54) is 4.68 Å². The number of hydrogen-bond donors (Lipinski definition) is 0. The average molecular weight is 1150 g/mol. The fourth-order valence-electron chi connectivity index (χ4n) is 10.6. The van der Waals surface area contributed by atoms with Crippen LogP contribution in [0.5, 0.6) is 0 Å². The lowest BCUT2D eigenvalue weighted by Crippen LogP contribution is -2.17. The predicted molar refractivity (Wildman–Crippen MR) is 283 cm³/mol. The van der Waals surface area contributed by atoms with E-state index in [2.05, 4.69) is 32.1 Å². The van der Waals surface area contributed by atoms with Gasteiger partial charge in [-0.15, -0.1) is 0 Å². The molecule has 7 heterocycles. The summed E-state index contributed by atoms with van der Waals surface area (Å²) >= 11 is 1.71. The average Bonchev–Trinajstić information content (AvgIpc) is 4.21. The molecule has 11 nitrogen and oxygen atoms in total. The van der Waals surface area contributed by atoms with Crippen molar-refractivity contribution in [3.63, 3.8) is 0 Å². The molecular formula is C55H77F12N11S. The van der Waals surface area contributed by atoms with E-state index in [1.807, 2.05) is 88.1 Å². The van der Waals surface area contributed by atoms with E-state index in [0.717, 1.165) is 82.7 Å². The van der Waals surface area contributed by atoms with Crippen LogP contribution in [0.25, 0.3) is 5.57 Å². The fourth-order valence-corrected chi connectivity index (χ4v) is 11.6. The Morgan fingerprint density at radius 3 is 1.56 bits per heavy atom. The third-order valence-corrected chi connectivity index (χ3v) is 15.3. The minimum atomic E-state index is -4.33. The van der Waals surface area contributed by atoms with E-state index in [9.17, 15) is 52.7 Å². The van der Waals surface area contributed by atoms with Crippen LogP contribution < -0.4 is 0 Å². The van der Waals surface area contributed by atoms with E-state index < -0.39 is 42.0 Å². The molecule has 1 saturated carbocycles. The smallest absolute Gasteiger partial charge is 0.296 e. The van der Waals surface area contributed by atoms with Gasteiger partial charge in [0, 0.05) is 96.5 Å². The Hall–Kier alpha value is -4.74. The third kappa shape index (κ3) is 13.8. The molecule has 0 radical (unpaired) electrons. The first-order chi connectivity index (χ1) is 36.3. The quantitative estimate of drug-likeness (QED) is 0.136. The van der Waals surface area contributed by atoms with E-state index in [-0.39, 0.29) is 59.1 Å². The van der Waals surface area contributed by atoms with Crippen LogP contribution in [-0.2, 0) is 62.3 Å². The lowest BCUT2D eigenvalue weighted by atomic mass is 10.1. The summed E-state index contributed by atoms with van der Waals surface area (Å²) in [4.78, 5) is 2.03. The molecule has 442 valence electrons. The second kappa shape index (κ2) is 23.6.